The second-order valence-corrected chi connectivity index (χ2v) is 1.37. The standard InChI is InChI=1S/C5H8N2O/c1-2-7-6-4-3-5-8-7/h3-5H,2H2,1H3. The molecule has 0 fully saturated rings. The fourth-order valence-corrected chi connectivity index (χ4v) is 0.437. The van der Waals surface area contributed by atoms with Crippen LogP contribution in [0, 0.1) is 0 Å². The van der Waals surface area contributed by atoms with Crippen LogP contribution in [0.15, 0.2) is 17.4 Å². The Bertz CT molecular complexity index is 120. The molecule has 0 amide bonds. The van der Waals surface area contributed by atoms with Crippen molar-refractivity contribution in [3.63, 3.8) is 0 Å². The van der Waals surface area contributed by atoms with Crippen molar-refractivity contribution in [2.45, 2.75) is 6.92 Å². The fourth-order valence-electron chi connectivity index (χ4n) is 0.437. The van der Waals surface area contributed by atoms with Gasteiger partial charge in [0.2, 0.25) is 0 Å². The number of nitrogens with zero attached hydrogens (tertiary/aromatic N) is 2. The topological polar surface area (TPSA) is 24.8 Å². The minimum atomic E-state index is 0.779. The van der Waals surface area contributed by atoms with Gasteiger partial charge in [-0.05, 0) is 13.0 Å². The van der Waals surface area contributed by atoms with E-state index in [0.717, 1.165) is 6.54 Å². The second kappa shape index (κ2) is 2.35. The summed E-state index contributed by atoms with van der Waals surface area (Å²) in [5.74, 6) is 0. The molecule has 0 spiro atoms. The third-order valence-corrected chi connectivity index (χ3v) is 0.813. The SMILES string of the molecule is CCN1N=CC=CO1. The predicted octanol–water partition coefficient (Wildman–Crippen LogP) is 0.753. The molecule has 1 heterocycles. The van der Waals surface area contributed by atoms with Crippen LogP contribution in [-0.4, -0.2) is 17.9 Å². The van der Waals surface area contributed by atoms with Gasteiger partial charge in [-0.3, -0.25) is 0 Å². The van der Waals surface area contributed by atoms with Crippen molar-refractivity contribution in [2.24, 2.45) is 5.10 Å². The third kappa shape index (κ3) is 0.992. The highest BCUT2D eigenvalue weighted by atomic mass is 16.7. The van der Waals surface area contributed by atoms with E-state index in [1.807, 2.05) is 6.92 Å². The summed E-state index contributed by atoms with van der Waals surface area (Å²) in [6.45, 7) is 2.75. The number of allylic oxidation sites excluding steroid dienone is 1. The lowest BCUT2D eigenvalue weighted by Crippen LogP contribution is -2.16. The summed E-state index contributed by atoms with van der Waals surface area (Å²) >= 11 is 0. The van der Waals surface area contributed by atoms with Gasteiger partial charge in [0, 0.05) is 0 Å². The quantitative estimate of drug-likeness (QED) is 0.500. The maximum Gasteiger partial charge on any atom is 0.123 e. The van der Waals surface area contributed by atoms with E-state index < -0.39 is 0 Å². The van der Waals surface area contributed by atoms with Crippen LogP contribution in [-0.2, 0) is 4.84 Å². The molecule has 0 aromatic carbocycles. The molecule has 0 atom stereocenters. The zero-order valence-corrected chi connectivity index (χ0v) is 4.74. The molecule has 1 aliphatic heterocycles. The van der Waals surface area contributed by atoms with E-state index in [0.29, 0.717) is 0 Å². The molecule has 1 rings (SSSR count). The Morgan fingerprint density at radius 3 is 3.00 bits per heavy atom. The van der Waals surface area contributed by atoms with Crippen LogP contribution in [0.5, 0.6) is 0 Å². The smallest absolute Gasteiger partial charge is 0.123 e. The Balaban J connectivity index is 2.40. The summed E-state index contributed by atoms with van der Waals surface area (Å²) < 4.78 is 0. The summed E-state index contributed by atoms with van der Waals surface area (Å²) in [4.78, 5) is 4.88. The highest BCUT2D eigenvalue weighted by Gasteiger charge is 1.93. The van der Waals surface area contributed by atoms with E-state index in [1.165, 1.54) is 5.17 Å². The molecule has 1 aliphatic rings. The Kier molecular flexibility index (Phi) is 1.51. The molecule has 8 heavy (non-hydrogen) atoms. The van der Waals surface area contributed by atoms with Gasteiger partial charge in [-0.25, -0.2) is 0 Å². The van der Waals surface area contributed by atoms with Crippen LogP contribution in [0.2, 0.25) is 0 Å². The van der Waals surface area contributed by atoms with Gasteiger partial charge in [-0.15, -0.1) is 5.17 Å². The number of hydrazone groups is 1. The molecule has 44 valence electrons. The van der Waals surface area contributed by atoms with Gasteiger partial charge in [0.25, 0.3) is 0 Å². The van der Waals surface area contributed by atoms with Gasteiger partial charge in [0.1, 0.15) is 6.26 Å². The maximum atomic E-state index is 4.88. The fraction of sp³-hybridized carbons (Fsp3) is 0.400. The molecule has 0 saturated carbocycles. The first-order valence-electron chi connectivity index (χ1n) is 2.57. The van der Waals surface area contributed by atoms with E-state index in [-0.39, 0.29) is 0 Å². The number of hydrogen-bond donors (Lipinski definition) is 0. The van der Waals surface area contributed by atoms with Gasteiger partial charge < -0.3 is 4.84 Å². The Morgan fingerprint density at radius 2 is 2.62 bits per heavy atom. The first-order chi connectivity index (χ1) is 3.93. The minimum Gasteiger partial charge on any atom is -0.370 e. The van der Waals surface area contributed by atoms with Crippen molar-refractivity contribution in [3.05, 3.63) is 12.3 Å². The van der Waals surface area contributed by atoms with Crippen molar-refractivity contribution in [1.29, 1.82) is 0 Å². The van der Waals surface area contributed by atoms with Gasteiger partial charge in [-0.2, -0.15) is 5.10 Å². The van der Waals surface area contributed by atoms with E-state index in [2.05, 4.69) is 5.10 Å². The first-order valence-corrected chi connectivity index (χ1v) is 2.57. The molecule has 3 heteroatoms. The van der Waals surface area contributed by atoms with Gasteiger partial charge >= 0.3 is 0 Å². The molecule has 0 N–H and O–H groups in total. The van der Waals surface area contributed by atoms with Gasteiger partial charge in [0.05, 0.1) is 12.8 Å². The lowest BCUT2D eigenvalue weighted by molar-refractivity contribution is -0.0997. The lowest BCUT2D eigenvalue weighted by Gasteiger charge is -2.14. The molecular weight excluding hydrogens is 104 g/mol. The second-order valence-electron chi connectivity index (χ2n) is 1.37. The average Bonchev–Trinajstić information content (AvgIpc) is 1.90. The van der Waals surface area contributed by atoms with Crippen LogP contribution in [0.4, 0.5) is 0 Å². The average molecular weight is 112 g/mol. The molecular formula is C5H8N2O. The van der Waals surface area contributed by atoms with E-state index >= 15 is 0 Å². The summed E-state index contributed by atoms with van der Waals surface area (Å²) in [7, 11) is 0. The zero-order valence-electron chi connectivity index (χ0n) is 4.74. The zero-order chi connectivity index (χ0) is 5.82. The Hall–Kier alpha value is -0.990. The van der Waals surface area contributed by atoms with Crippen molar-refractivity contribution in [2.75, 3.05) is 6.54 Å². The monoisotopic (exact) mass is 112 g/mol. The Morgan fingerprint density at radius 1 is 1.75 bits per heavy atom. The first kappa shape index (κ1) is 5.15. The molecule has 0 saturated heterocycles. The maximum absolute atomic E-state index is 4.88. The summed E-state index contributed by atoms with van der Waals surface area (Å²) in [5.41, 5.74) is 0. The molecule has 0 unspecified atom stereocenters. The highest BCUT2D eigenvalue weighted by molar-refractivity contribution is 5.70. The highest BCUT2D eigenvalue weighted by Crippen LogP contribution is 1.94. The van der Waals surface area contributed by atoms with Crippen molar-refractivity contribution >= 4 is 6.21 Å². The van der Waals surface area contributed by atoms with Crippen LogP contribution in [0.25, 0.3) is 0 Å². The number of rotatable bonds is 1. The van der Waals surface area contributed by atoms with Gasteiger partial charge in [0.15, 0.2) is 0 Å². The molecule has 0 aromatic heterocycles. The summed E-state index contributed by atoms with van der Waals surface area (Å²) in [5, 5.41) is 5.35. The lowest BCUT2D eigenvalue weighted by atomic mass is 10.7. The van der Waals surface area contributed by atoms with Crippen molar-refractivity contribution in [3.8, 4) is 0 Å². The van der Waals surface area contributed by atoms with E-state index in [4.69, 9.17) is 4.84 Å². The molecule has 3 nitrogen and oxygen atoms in total. The van der Waals surface area contributed by atoms with E-state index in [9.17, 15) is 0 Å². The molecule has 0 radical (unpaired) electrons. The summed E-state index contributed by atoms with van der Waals surface area (Å²) in [6, 6.07) is 0. The van der Waals surface area contributed by atoms with Crippen molar-refractivity contribution < 1.29 is 4.84 Å². The number of hydrogen-bond acceptors (Lipinski definition) is 3. The molecule has 0 aliphatic carbocycles. The number of hydroxylamine groups is 1. The van der Waals surface area contributed by atoms with Crippen LogP contribution < -0.4 is 0 Å². The largest absolute Gasteiger partial charge is 0.370 e. The predicted molar refractivity (Wildman–Crippen MR) is 31.1 cm³/mol. The normalized spacial score (nSPS) is 16.4. The van der Waals surface area contributed by atoms with Gasteiger partial charge in [-0.1, -0.05) is 0 Å². The summed E-state index contributed by atoms with van der Waals surface area (Å²) in [6.07, 6.45) is 5.02. The van der Waals surface area contributed by atoms with Crippen LogP contribution in [0.1, 0.15) is 6.92 Å². The third-order valence-electron chi connectivity index (χ3n) is 0.813. The van der Waals surface area contributed by atoms with Crippen LogP contribution in [0.3, 0.4) is 0 Å². The Labute approximate surface area is 48.2 Å². The van der Waals surface area contributed by atoms with E-state index in [1.54, 1.807) is 18.6 Å². The van der Waals surface area contributed by atoms with Crippen molar-refractivity contribution in [1.82, 2.24) is 5.17 Å². The molecule has 0 bridgehead atoms. The molecule has 0 aromatic rings. The minimum absolute atomic E-state index is 0.779. The van der Waals surface area contributed by atoms with Crippen LogP contribution >= 0.6 is 0 Å².